The highest BCUT2D eigenvalue weighted by atomic mass is 35.5. The summed E-state index contributed by atoms with van der Waals surface area (Å²) in [6.07, 6.45) is 2.91. The van der Waals surface area contributed by atoms with Gasteiger partial charge in [-0.1, -0.05) is 41.9 Å². The van der Waals surface area contributed by atoms with Gasteiger partial charge in [-0.25, -0.2) is 4.79 Å². The van der Waals surface area contributed by atoms with E-state index in [4.69, 9.17) is 22.1 Å². The van der Waals surface area contributed by atoms with Crippen molar-refractivity contribution in [3.8, 4) is 11.1 Å². The zero-order chi connectivity index (χ0) is 23.3. The van der Waals surface area contributed by atoms with Crippen LogP contribution in [0.2, 0.25) is 5.02 Å². The predicted molar refractivity (Wildman–Crippen MR) is 127 cm³/mol. The zero-order valence-electron chi connectivity index (χ0n) is 18.3. The van der Waals surface area contributed by atoms with Crippen molar-refractivity contribution < 1.29 is 14.3 Å². The van der Waals surface area contributed by atoms with Gasteiger partial charge in [-0.3, -0.25) is 14.7 Å². The van der Waals surface area contributed by atoms with Gasteiger partial charge in [0, 0.05) is 29.5 Å². The van der Waals surface area contributed by atoms with E-state index in [0.717, 1.165) is 11.1 Å². The Bertz CT molecular complexity index is 1080. The Morgan fingerprint density at radius 2 is 1.59 bits per heavy atom. The van der Waals surface area contributed by atoms with Crippen LogP contribution >= 0.6 is 11.6 Å². The maximum atomic E-state index is 13.2. The van der Waals surface area contributed by atoms with E-state index in [1.165, 1.54) is 4.90 Å². The molecule has 32 heavy (non-hydrogen) atoms. The summed E-state index contributed by atoms with van der Waals surface area (Å²) in [6, 6.07) is 17.2. The number of carbonyl (C=O) groups excluding carboxylic acids is 2. The highest BCUT2D eigenvalue weighted by Crippen LogP contribution is 2.28. The summed E-state index contributed by atoms with van der Waals surface area (Å²) >= 11 is 6.31. The Kier molecular flexibility index (Phi) is 7.15. The summed E-state index contributed by atoms with van der Waals surface area (Å²) < 4.78 is 5.61. The van der Waals surface area contributed by atoms with Crippen molar-refractivity contribution >= 4 is 29.3 Å². The maximum absolute atomic E-state index is 13.2. The van der Waals surface area contributed by atoms with Crippen molar-refractivity contribution in [3.05, 3.63) is 83.6 Å². The molecule has 3 rings (SSSR count). The van der Waals surface area contributed by atoms with Crippen LogP contribution in [0, 0.1) is 0 Å². The second-order valence-corrected chi connectivity index (χ2v) is 8.75. The SMILES string of the molecule is CC(C)(C)OC(=O)N(c1ccc(-c2ccncc2)cc1)[C@H](Cc1ccccc1Cl)C(N)=O. The summed E-state index contributed by atoms with van der Waals surface area (Å²) in [4.78, 5) is 31.0. The number of hydrogen-bond donors (Lipinski definition) is 1. The zero-order valence-corrected chi connectivity index (χ0v) is 19.0. The van der Waals surface area contributed by atoms with E-state index in [2.05, 4.69) is 4.98 Å². The average molecular weight is 452 g/mol. The molecule has 6 nitrogen and oxygen atoms in total. The lowest BCUT2D eigenvalue weighted by Gasteiger charge is -2.32. The van der Waals surface area contributed by atoms with E-state index < -0.39 is 23.6 Å². The van der Waals surface area contributed by atoms with Gasteiger partial charge in [0.25, 0.3) is 0 Å². The van der Waals surface area contributed by atoms with Crippen LogP contribution in [0.4, 0.5) is 10.5 Å². The number of nitrogens with zero attached hydrogens (tertiary/aromatic N) is 2. The van der Waals surface area contributed by atoms with Gasteiger partial charge in [0.1, 0.15) is 11.6 Å². The molecule has 1 heterocycles. The average Bonchev–Trinajstić information content (AvgIpc) is 2.74. The second kappa shape index (κ2) is 9.83. The third-order valence-electron chi connectivity index (χ3n) is 4.76. The van der Waals surface area contributed by atoms with Gasteiger partial charge in [-0.2, -0.15) is 0 Å². The Labute approximate surface area is 193 Å². The molecule has 3 aromatic rings. The second-order valence-electron chi connectivity index (χ2n) is 8.35. The quantitative estimate of drug-likeness (QED) is 0.555. The third-order valence-corrected chi connectivity index (χ3v) is 5.13. The number of benzene rings is 2. The van der Waals surface area contributed by atoms with Gasteiger partial charge >= 0.3 is 6.09 Å². The molecule has 166 valence electrons. The molecule has 1 atom stereocenters. The topological polar surface area (TPSA) is 85.5 Å². The number of carbonyl (C=O) groups is 2. The van der Waals surface area contributed by atoms with Crippen molar-refractivity contribution in [2.24, 2.45) is 5.73 Å². The molecule has 0 saturated heterocycles. The van der Waals surface area contributed by atoms with Crippen LogP contribution in [0.1, 0.15) is 26.3 Å². The Hall–Kier alpha value is -3.38. The van der Waals surface area contributed by atoms with Crippen LogP contribution in [-0.2, 0) is 16.0 Å². The van der Waals surface area contributed by atoms with Gasteiger partial charge in [-0.15, -0.1) is 0 Å². The molecule has 0 unspecified atom stereocenters. The number of primary amides is 1. The molecule has 0 saturated carbocycles. The van der Waals surface area contributed by atoms with Crippen molar-refractivity contribution in [2.75, 3.05) is 4.90 Å². The van der Waals surface area contributed by atoms with Crippen LogP contribution in [0.3, 0.4) is 0 Å². The molecule has 2 N–H and O–H groups in total. The molecule has 0 radical (unpaired) electrons. The minimum Gasteiger partial charge on any atom is -0.443 e. The fraction of sp³-hybridized carbons (Fsp3) is 0.240. The highest BCUT2D eigenvalue weighted by molar-refractivity contribution is 6.31. The van der Waals surface area contributed by atoms with Gasteiger partial charge < -0.3 is 10.5 Å². The summed E-state index contributed by atoms with van der Waals surface area (Å²) in [5.74, 6) is -0.658. The van der Waals surface area contributed by atoms with Crippen molar-refractivity contribution in [1.82, 2.24) is 4.98 Å². The van der Waals surface area contributed by atoms with Gasteiger partial charge in [0.15, 0.2) is 0 Å². The van der Waals surface area contributed by atoms with Crippen molar-refractivity contribution in [3.63, 3.8) is 0 Å². The van der Waals surface area contributed by atoms with Crippen molar-refractivity contribution in [2.45, 2.75) is 38.8 Å². The van der Waals surface area contributed by atoms with Gasteiger partial charge in [0.2, 0.25) is 5.91 Å². The van der Waals surface area contributed by atoms with Gasteiger partial charge in [-0.05, 0) is 67.8 Å². The van der Waals surface area contributed by atoms with Crippen LogP contribution in [-0.4, -0.2) is 28.6 Å². The predicted octanol–water partition coefficient (Wildman–Crippen LogP) is 5.24. The maximum Gasteiger partial charge on any atom is 0.415 e. The molecule has 1 aromatic heterocycles. The van der Waals surface area contributed by atoms with Crippen LogP contribution in [0.25, 0.3) is 11.1 Å². The lowest BCUT2D eigenvalue weighted by Crippen LogP contribution is -2.51. The number of nitrogens with two attached hydrogens (primary N) is 1. The minimum absolute atomic E-state index is 0.153. The first-order chi connectivity index (χ1) is 15.2. The molecule has 0 bridgehead atoms. The van der Waals surface area contributed by atoms with E-state index >= 15 is 0 Å². The standard InChI is InChI=1S/C25H26ClN3O3/c1-25(2,3)32-24(31)29(22(23(27)30)16-19-6-4-5-7-21(19)26)20-10-8-17(9-11-20)18-12-14-28-15-13-18/h4-15,22H,16H2,1-3H3,(H2,27,30)/t22-/m1/s1. The molecule has 0 spiro atoms. The summed E-state index contributed by atoms with van der Waals surface area (Å²) in [7, 11) is 0. The largest absolute Gasteiger partial charge is 0.443 e. The van der Waals surface area contributed by atoms with E-state index in [1.54, 1.807) is 63.5 Å². The number of aromatic nitrogens is 1. The first-order valence-corrected chi connectivity index (χ1v) is 10.6. The smallest absolute Gasteiger partial charge is 0.415 e. The number of hydrogen-bond acceptors (Lipinski definition) is 4. The molecule has 0 aliphatic rings. The fourth-order valence-electron chi connectivity index (χ4n) is 3.27. The van der Waals surface area contributed by atoms with Crippen LogP contribution in [0.15, 0.2) is 73.1 Å². The third kappa shape index (κ3) is 5.86. The van der Waals surface area contributed by atoms with E-state index in [9.17, 15) is 9.59 Å². The van der Waals surface area contributed by atoms with E-state index in [-0.39, 0.29) is 6.42 Å². The number of rotatable bonds is 6. The first kappa shape index (κ1) is 23.3. The fourth-order valence-corrected chi connectivity index (χ4v) is 3.49. The number of halogens is 1. The molecular weight excluding hydrogens is 426 g/mol. The number of amides is 2. The number of pyridine rings is 1. The Morgan fingerprint density at radius 1 is 1.00 bits per heavy atom. The van der Waals surface area contributed by atoms with E-state index in [1.807, 2.05) is 30.3 Å². The molecule has 0 aliphatic carbocycles. The molecule has 7 heteroatoms. The summed E-state index contributed by atoms with van der Waals surface area (Å²) in [5.41, 5.74) is 8.14. The molecular formula is C25H26ClN3O3. The van der Waals surface area contributed by atoms with Gasteiger partial charge in [0.05, 0.1) is 0 Å². The van der Waals surface area contributed by atoms with Crippen LogP contribution < -0.4 is 10.6 Å². The monoisotopic (exact) mass is 451 g/mol. The normalized spacial score (nSPS) is 12.1. The first-order valence-electron chi connectivity index (χ1n) is 10.2. The summed E-state index contributed by atoms with van der Waals surface area (Å²) in [6.45, 7) is 5.30. The molecule has 2 amide bonds. The van der Waals surface area contributed by atoms with E-state index in [0.29, 0.717) is 16.3 Å². The lowest BCUT2D eigenvalue weighted by atomic mass is 10.0. The Morgan fingerprint density at radius 3 is 2.16 bits per heavy atom. The van der Waals surface area contributed by atoms with Crippen molar-refractivity contribution in [1.29, 1.82) is 0 Å². The Balaban J connectivity index is 2.01. The molecule has 0 aliphatic heterocycles. The number of ether oxygens (including phenoxy) is 1. The lowest BCUT2D eigenvalue weighted by molar-refractivity contribution is -0.119. The highest BCUT2D eigenvalue weighted by Gasteiger charge is 2.33. The minimum atomic E-state index is -0.989. The van der Waals surface area contributed by atoms with Crippen LogP contribution in [0.5, 0.6) is 0 Å². The molecule has 2 aromatic carbocycles. The molecule has 0 fully saturated rings. The number of anilines is 1. The summed E-state index contributed by atoms with van der Waals surface area (Å²) in [5, 5.41) is 0.496.